The first kappa shape index (κ1) is 16.6. The second kappa shape index (κ2) is 7.00. The first-order valence-corrected chi connectivity index (χ1v) is 7.15. The van der Waals surface area contributed by atoms with E-state index in [1.165, 1.54) is 0 Å². The third-order valence-corrected chi connectivity index (χ3v) is 3.59. The highest BCUT2D eigenvalue weighted by Crippen LogP contribution is 2.22. The van der Waals surface area contributed by atoms with Gasteiger partial charge in [0.25, 0.3) is 0 Å². The van der Waals surface area contributed by atoms with Gasteiger partial charge in [0.15, 0.2) is 6.10 Å². The molecule has 1 amide bonds. The lowest BCUT2D eigenvalue weighted by Crippen LogP contribution is -2.41. The summed E-state index contributed by atoms with van der Waals surface area (Å²) in [6.45, 7) is 2.96. The lowest BCUT2D eigenvalue weighted by Gasteiger charge is -2.19. The van der Waals surface area contributed by atoms with E-state index in [1.54, 1.807) is 0 Å². The molecule has 0 spiro atoms. The number of nitrogens with one attached hydrogen (secondary N) is 1. The summed E-state index contributed by atoms with van der Waals surface area (Å²) in [6.07, 6.45) is -6.96. The summed E-state index contributed by atoms with van der Waals surface area (Å²) in [4.78, 5) is 13.6. The molecular weight excluding hydrogens is 297 g/mol. The van der Waals surface area contributed by atoms with Crippen LogP contribution in [0.2, 0.25) is 0 Å². The fourth-order valence-electron chi connectivity index (χ4n) is 2.36. The zero-order chi connectivity index (χ0) is 16.2. The van der Waals surface area contributed by atoms with Gasteiger partial charge in [-0.3, -0.25) is 4.90 Å². The maximum Gasteiger partial charge on any atom is 0.425 e. The van der Waals surface area contributed by atoms with Crippen LogP contribution in [0.3, 0.4) is 0 Å². The number of halogens is 3. The van der Waals surface area contributed by atoms with Crippen molar-refractivity contribution in [2.45, 2.75) is 38.2 Å². The number of alkyl halides is 3. The number of nitrogens with zero attached hydrogens (tertiary/aromatic N) is 1. The number of carbonyl (C=O) groups is 1. The number of carbonyl (C=O) groups excluding carboxylic acids is 1. The van der Waals surface area contributed by atoms with Crippen molar-refractivity contribution in [1.82, 2.24) is 10.2 Å². The number of hydrogen-bond acceptors (Lipinski definition) is 3. The molecule has 1 saturated heterocycles. The van der Waals surface area contributed by atoms with Crippen LogP contribution in [0.25, 0.3) is 0 Å². The van der Waals surface area contributed by atoms with Crippen molar-refractivity contribution in [3.8, 4) is 0 Å². The Bertz CT molecular complexity index is 493. The monoisotopic (exact) mass is 316 g/mol. The van der Waals surface area contributed by atoms with Crippen molar-refractivity contribution in [2.24, 2.45) is 0 Å². The lowest BCUT2D eigenvalue weighted by atomic mass is 10.2. The minimum Gasteiger partial charge on any atom is -0.437 e. The highest BCUT2D eigenvalue weighted by molar-refractivity contribution is 5.67. The van der Waals surface area contributed by atoms with Gasteiger partial charge in [0, 0.05) is 25.7 Å². The molecule has 1 aromatic carbocycles. The second-order valence-electron chi connectivity index (χ2n) is 5.44. The summed E-state index contributed by atoms with van der Waals surface area (Å²) in [5, 5.41) is 2.49. The van der Waals surface area contributed by atoms with Crippen LogP contribution >= 0.6 is 0 Å². The molecule has 22 heavy (non-hydrogen) atoms. The van der Waals surface area contributed by atoms with E-state index in [-0.39, 0.29) is 6.04 Å². The van der Waals surface area contributed by atoms with Gasteiger partial charge in [0.1, 0.15) is 0 Å². The zero-order valence-corrected chi connectivity index (χ0v) is 12.3. The van der Waals surface area contributed by atoms with Crippen LogP contribution in [0.4, 0.5) is 18.0 Å². The van der Waals surface area contributed by atoms with Gasteiger partial charge in [0.05, 0.1) is 0 Å². The first-order valence-electron chi connectivity index (χ1n) is 7.15. The van der Waals surface area contributed by atoms with Gasteiger partial charge in [0.2, 0.25) is 0 Å². The average Bonchev–Trinajstić information content (AvgIpc) is 2.85. The van der Waals surface area contributed by atoms with Crippen molar-refractivity contribution < 1.29 is 22.7 Å². The molecule has 0 aromatic heterocycles. The third kappa shape index (κ3) is 4.91. The largest absolute Gasteiger partial charge is 0.437 e. The Balaban J connectivity index is 1.75. The van der Waals surface area contributed by atoms with Crippen molar-refractivity contribution in [1.29, 1.82) is 0 Å². The maximum atomic E-state index is 12.3. The summed E-state index contributed by atoms with van der Waals surface area (Å²) in [5.41, 5.74) is 1.16. The van der Waals surface area contributed by atoms with Crippen molar-refractivity contribution in [3.05, 3.63) is 35.9 Å². The van der Waals surface area contributed by atoms with Gasteiger partial charge in [-0.1, -0.05) is 30.3 Å². The molecule has 0 radical (unpaired) electrons. The second-order valence-corrected chi connectivity index (χ2v) is 5.44. The van der Waals surface area contributed by atoms with Crippen LogP contribution in [-0.4, -0.2) is 42.4 Å². The predicted molar refractivity (Wildman–Crippen MR) is 75.3 cm³/mol. The molecule has 4 nitrogen and oxygen atoms in total. The Kier molecular flexibility index (Phi) is 5.28. The van der Waals surface area contributed by atoms with E-state index in [0.29, 0.717) is 13.0 Å². The normalized spacial score (nSPS) is 20.6. The quantitative estimate of drug-likeness (QED) is 0.928. The van der Waals surface area contributed by atoms with E-state index in [2.05, 4.69) is 15.0 Å². The number of ether oxygens (including phenoxy) is 1. The predicted octanol–water partition coefficient (Wildman–Crippen LogP) is 2.94. The number of benzene rings is 1. The molecule has 1 aliphatic heterocycles. The Labute approximate surface area is 127 Å². The standard InChI is InChI=1S/C15H19F3N2O2/c1-11(15(16,17)18)22-14(21)19-13-7-8-20(10-13)9-12-5-3-2-4-6-12/h2-6,11,13H,7-10H2,1H3,(H,19,21)/t11-,13-/m0/s1. The molecule has 0 bridgehead atoms. The Hall–Kier alpha value is -1.76. The molecule has 0 aliphatic carbocycles. The molecule has 0 unspecified atom stereocenters. The van der Waals surface area contributed by atoms with E-state index in [1.807, 2.05) is 30.3 Å². The summed E-state index contributed by atoms with van der Waals surface area (Å²) >= 11 is 0. The first-order chi connectivity index (χ1) is 10.3. The molecule has 122 valence electrons. The number of hydrogen-bond donors (Lipinski definition) is 1. The third-order valence-electron chi connectivity index (χ3n) is 3.59. The van der Waals surface area contributed by atoms with Crippen LogP contribution in [0, 0.1) is 0 Å². The van der Waals surface area contributed by atoms with Gasteiger partial charge in [-0.15, -0.1) is 0 Å². The summed E-state index contributed by atoms with van der Waals surface area (Å²) in [5.74, 6) is 0. The lowest BCUT2D eigenvalue weighted by molar-refractivity contribution is -0.197. The van der Waals surface area contributed by atoms with Crippen molar-refractivity contribution in [2.75, 3.05) is 13.1 Å². The molecule has 1 fully saturated rings. The van der Waals surface area contributed by atoms with Crippen molar-refractivity contribution in [3.63, 3.8) is 0 Å². The SMILES string of the molecule is C[C@H](OC(=O)N[C@H]1CCN(Cc2ccccc2)C1)C(F)(F)F. The molecule has 1 aliphatic rings. The number of likely N-dealkylation sites (tertiary alicyclic amines) is 1. The summed E-state index contributed by atoms with van der Waals surface area (Å²) in [6, 6.07) is 9.70. The Morgan fingerprint density at radius 3 is 2.73 bits per heavy atom. The highest BCUT2D eigenvalue weighted by atomic mass is 19.4. The van der Waals surface area contributed by atoms with Gasteiger partial charge in [-0.2, -0.15) is 13.2 Å². The van der Waals surface area contributed by atoms with E-state index < -0.39 is 18.4 Å². The van der Waals surface area contributed by atoms with Crippen molar-refractivity contribution >= 4 is 6.09 Å². The molecule has 1 N–H and O–H groups in total. The number of amides is 1. The number of alkyl carbamates (subject to hydrolysis) is 1. The topological polar surface area (TPSA) is 41.6 Å². The van der Waals surface area contributed by atoms with E-state index >= 15 is 0 Å². The minimum atomic E-state index is -4.54. The molecule has 1 heterocycles. The zero-order valence-electron chi connectivity index (χ0n) is 12.3. The maximum absolute atomic E-state index is 12.3. The van der Waals surface area contributed by atoms with E-state index in [9.17, 15) is 18.0 Å². The van der Waals surface area contributed by atoms with Gasteiger partial charge in [-0.05, 0) is 18.9 Å². The summed E-state index contributed by atoms with van der Waals surface area (Å²) in [7, 11) is 0. The van der Waals surface area contributed by atoms with Gasteiger partial charge >= 0.3 is 12.3 Å². The Morgan fingerprint density at radius 1 is 1.41 bits per heavy atom. The summed E-state index contributed by atoms with van der Waals surface area (Å²) < 4.78 is 41.3. The minimum absolute atomic E-state index is 0.184. The molecular formula is C15H19F3N2O2. The van der Waals surface area contributed by atoms with Crippen LogP contribution in [0.5, 0.6) is 0 Å². The van der Waals surface area contributed by atoms with Crippen LogP contribution in [0.1, 0.15) is 18.9 Å². The molecule has 0 saturated carbocycles. The Morgan fingerprint density at radius 2 is 2.09 bits per heavy atom. The fourth-order valence-corrected chi connectivity index (χ4v) is 2.36. The molecule has 2 rings (SSSR count). The molecule has 7 heteroatoms. The van der Waals surface area contributed by atoms with Crippen LogP contribution in [0.15, 0.2) is 30.3 Å². The van der Waals surface area contributed by atoms with E-state index in [4.69, 9.17) is 0 Å². The average molecular weight is 316 g/mol. The smallest absolute Gasteiger partial charge is 0.425 e. The van der Waals surface area contributed by atoms with Crippen LogP contribution < -0.4 is 5.32 Å². The van der Waals surface area contributed by atoms with Gasteiger partial charge in [-0.25, -0.2) is 4.79 Å². The fraction of sp³-hybridized carbons (Fsp3) is 0.533. The highest BCUT2D eigenvalue weighted by Gasteiger charge is 2.39. The molecule has 1 aromatic rings. The van der Waals surface area contributed by atoms with Crippen LogP contribution in [-0.2, 0) is 11.3 Å². The van der Waals surface area contributed by atoms with E-state index in [0.717, 1.165) is 25.6 Å². The van der Waals surface area contributed by atoms with Gasteiger partial charge < -0.3 is 10.1 Å². The molecule has 2 atom stereocenters. The number of rotatable bonds is 4.